The molecule has 0 heterocycles. The van der Waals surface area contributed by atoms with Gasteiger partial charge in [0.05, 0.1) is 0 Å². The first-order valence-electron chi connectivity index (χ1n) is 1.63. The van der Waals surface area contributed by atoms with Gasteiger partial charge in [-0.25, -0.2) is 0 Å². The summed E-state index contributed by atoms with van der Waals surface area (Å²) in [5, 5.41) is 0. The summed E-state index contributed by atoms with van der Waals surface area (Å²) >= 11 is 0. The van der Waals surface area contributed by atoms with Crippen molar-refractivity contribution in [3.63, 3.8) is 0 Å². The molecule has 0 aromatic heterocycles. The van der Waals surface area contributed by atoms with Gasteiger partial charge in [-0.2, -0.15) is 0 Å². The molecular formula is C2H8BP2. The molecule has 5 heavy (non-hydrogen) atoms. The standard InChI is InChI=1S/C2H8BP2/c4-1-3-2-5/h1-2,4-5H2. The molecule has 0 fully saturated rings. The lowest BCUT2D eigenvalue weighted by molar-refractivity contribution is 2.02. The number of hydrogen-bond acceptors (Lipinski definition) is 0. The van der Waals surface area contributed by atoms with Crippen molar-refractivity contribution in [2.45, 2.75) is 0 Å². The lowest BCUT2D eigenvalue weighted by Crippen LogP contribution is -1.89. The Morgan fingerprint density at radius 2 is 1.60 bits per heavy atom. The van der Waals surface area contributed by atoms with Crippen LogP contribution < -0.4 is 0 Å². The molecule has 2 unspecified atom stereocenters. The van der Waals surface area contributed by atoms with Crippen LogP contribution in [0.1, 0.15) is 0 Å². The molecule has 0 nitrogen and oxygen atoms in total. The van der Waals surface area contributed by atoms with E-state index in [0.29, 0.717) is 0 Å². The van der Waals surface area contributed by atoms with Gasteiger partial charge in [0.1, 0.15) is 7.28 Å². The van der Waals surface area contributed by atoms with Gasteiger partial charge in [-0.1, -0.05) is 12.1 Å². The molecule has 3 heteroatoms. The monoisotopic (exact) mass is 105 g/mol. The summed E-state index contributed by atoms with van der Waals surface area (Å²) in [6.45, 7) is 0. The molecule has 0 spiro atoms. The van der Waals surface area contributed by atoms with Gasteiger partial charge in [-0.3, -0.25) is 0 Å². The van der Waals surface area contributed by atoms with Crippen LogP contribution in [0.15, 0.2) is 0 Å². The molecule has 29 valence electrons. The van der Waals surface area contributed by atoms with E-state index in [1.165, 1.54) is 0 Å². The first-order chi connectivity index (χ1) is 2.41. The minimum atomic E-state index is 1.11. The summed E-state index contributed by atoms with van der Waals surface area (Å²) in [6, 6.07) is 2.23. The highest BCUT2D eigenvalue weighted by atomic mass is 31.0. The molecule has 1 radical (unpaired) electrons. The molecule has 2 atom stereocenters. The van der Waals surface area contributed by atoms with Crippen molar-refractivity contribution in [1.29, 1.82) is 0 Å². The zero-order valence-corrected chi connectivity index (χ0v) is 5.46. The van der Waals surface area contributed by atoms with Crippen LogP contribution in [0.5, 0.6) is 0 Å². The van der Waals surface area contributed by atoms with Crippen molar-refractivity contribution in [3.8, 4) is 0 Å². The molecule has 0 aromatic rings. The third-order valence-electron chi connectivity index (χ3n) is 0.333. The van der Waals surface area contributed by atoms with Crippen LogP contribution in [0.4, 0.5) is 0 Å². The maximum Gasteiger partial charge on any atom is 0.119 e. The Bertz CT molecular complexity index is 15.1. The van der Waals surface area contributed by atoms with Crippen LogP contribution >= 0.6 is 18.5 Å². The van der Waals surface area contributed by atoms with E-state index in [4.69, 9.17) is 0 Å². The molecule has 0 aliphatic carbocycles. The van der Waals surface area contributed by atoms with Gasteiger partial charge >= 0.3 is 0 Å². The summed E-state index contributed by atoms with van der Waals surface area (Å²) in [5.74, 6) is 0. The summed E-state index contributed by atoms with van der Waals surface area (Å²) in [4.78, 5) is 0. The Morgan fingerprint density at radius 1 is 1.20 bits per heavy atom. The zero-order chi connectivity index (χ0) is 4.12. The predicted octanol–water partition coefficient (Wildman–Crippen LogP) is 0.356. The van der Waals surface area contributed by atoms with Crippen molar-refractivity contribution in [2.24, 2.45) is 0 Å². The minimum Gasteiger partial charge on any atom is -0.146 e. The summed E-state index contributed by atoms with van der Waals surface area (Å²) in [7, 11) is 7.44. The van der Waals surface area contributed by atoms with Crippen LogP contribution in [0, 0.1) is 0 Å². The van der Waals surface area contributed by atoms with Crippen molar-refractivity contribution >= 4 is 25.8 Å². The van der Waals surface area contributed by atoms with Crippen molar-refractivity contribution in [1.82, 2.24) is 0 Å². The van der Waals surface area contributed by atoms with Gasteiger partial charge in [-0.15, -0.1) is 18.5 Å². The molecule has 0 saturated heterocycles. The molecule has 0 aromatic carbocycles. The Kier molecular flexibility index (Phi) is 5.84. The Balaban J connectivity index is 2.19. The molecule has 0 bridgehead atoms. The fourth-order valence-electron chi connectivity index (χ4n) is 0.0962. The first-order valence-corrected chi connectivity index (χ1v) is 3.27. The third kappa shape index (κ3) is 4.92. The number of rotatable bonds is 2. The topological polar surface area (TPSA) is 0 Å². The largest absolute Gasteiger partial charge is 0.146 e. The average molecular weight is 105 g/mol. The third-order valence-corrected chi connectivity index (χ3v) is 1.00. The van der Waals surface area contributed by atoms with Crippen LogP contribution in [0.2, 0.25) is 0 Å². The van der Waals surface area contributed by atoms with E-state index >= 15 is 0 Å². The van der Waals surface area contributed by atoms with Crippen molar-refractivity contribution in [2.75, 3.05) is 12.1 Å². The quantitative estimate of drug-likeness (QED) is 0.351. The van der Waals surface area contributed by atoms with Gasteiger partial charge in [0.15, 0.2) is 0 Å². The fraction of sp³-hybridized carbons (Fsp3) is 1.00. The van der Waals surface area contributed by atoms with Gasteiger partial charge < -0.3 is 0 Å². The second-order valence-corrected chi connectivity index (χ2v) is 1.70. The van der Waals surface area contributed by atoms with Gasteiger partial charge in [0, 0.05) is 0 Å². The predicted molar refractivity (Wildman–Crippen MR) is 34.9 cm³/mol. The summed E-state index contributed by atoms with van der Waals surface area (Å²) in [6.07, 6.45) is 0. The van der Waals surface area contributed by atoms with Crippen LogP contribution in [-0.2, 0) is 0 Å². The van der Waals surface area contributed by atoms with Crippen molar-refractivity contribution < 1.29 is 0 Å². The van der Waals surface area contributed by atoms with E-state index in [0.717, 1.165) is 12.1 Å². The Labute approximate surface area is 38.8 Å². The number of hydrogen-bond donors (Lipinski definition) is 0. The van der Waals surface area contributed by atoms with Gasteiger partial charge in [-0.05, 0) is 0 Å². The fourth-order valence-corrected chi connectivity index (χ4v) is 0.866. The Morgan fingerprint density at radius 3 is 1.60 bits per heavy atom. The highest BCUT2D eigenvalue weighted by Crippen LogP contribution is 1.79. The van der Waals surface area contributed by atoms with Crippen LogP contribution in [0.25, 0.3) is 0 Å². The van der Waals surface area contributed by atoms with E-state index in [1.54, 1.807) is 0 Å². The molecule has 0 rings (SSSR count). The summed E-state index contributed by atoms with van der Waals surface area (Å²) in [5.41, 5.74) is 0. The minimum absolute atomic E-state index is 1.11. The lowest BCUT2D eigenvalue weighted by atomic mass is 9.86. The van der Waals surface area contributed by atoms with Gasteiger partial charge in [0.2, 0.25) is 0 Å². The Hall–Kier alpha value is 0.925. The van der Waals surface area contributed by atoms with E-state index in [-0.39, 0.29) is 0 Å². The van der Waals surface area contributed by atoms with Crippen LogP contribution in [0.3, 0.4) is 0 Å². The van der Waals surface area contributed by atoms with E-state index in [9.17, 15) is 0 Å². The van der Waals surface area contributed by atoms with E-state index in [2.05, 4.69) is 25.8 Å². The zero-order valence-electron chi connectivity index (χ0n) is 3.15. The summed E-state index contributed by atoms with van der Waals surface area (Å²) < 4.78 is 0. The lowest BCUT2D eigenvalue weighted by Gasteiger charge is -1.75. The molecule has 0 amide bonds. The van der Waals surface area contributed by atoms with E-state index in [1.807, 2.05) is 0 Å². The molecule has 0 saturated carbocycles. The molecule has 0 aliphatic rings. The second-order valence-electron chi connectivity index (χ2n) is 0.760. The van der Waals surface area contributed by atoms with Crippen LogP contribution in [-0.4, -0.2) is 19.4 Å². The maximum absolute atomic E-state index is 2.63. The molecule has 0 aliphatic heterocycles. The van der Waals surface area contributed by atoms with Gasteiger partial charge in [0.25, 0.3) is 0 Å². The molecular weight excluding hydrogens is 96.8 g/mol. The first kappa shape index (κ1) is 5.92. The SMILES string of the molecule is PC[B]CP. The van der Waals surface area contributed by atoms with E-state index < -0.39 is 0 Å². The maximum atomic E-state index is 2.63. The van der Waals surface area contributed by atoms with Crippen molar-refractivity contribution in [3.05, 3.63) is 0 Å². The highest BCUT2D eigenvalue weighted by molar-refractivity contribution is 7.24. The average Bonchev–Trinajstić information content (AvgIpc) is 1.41. The molecule has 0 N–H and O–H groups in total. The normalized spacial score (nSPS) is 7.60. The smallest absolute Gasteiger partial charge is 0.119 e. The highest BCUT2D eigenvalue weighted by Gasteiger charge is 1.72. The second kappa shape index (κ2) is 4.92.